The van der Waals surface area contributed by atoms with Crippen molar-refractivity contribution in [1.82, 2.24) is 0 Å². The van der Waals surface area contributed by atoms with Crippen LogP contribution in [-0.2, 0) is 10.8 Å². The zero-order valence-electron chi connectivity index (χ0n) is 37.2. The van der Waals surface area contributed by atoms with Crippen LogP contribution < -0.4 is 14.7 Å². The number of aryl methyl sites for hydroxylation is 1. The maximum absolute atomic E-state index is 2.51. The Morgan fingerprint density at radius 2 is 0.862 bits per heavy atom. The van der Waals surface area contributed by atoms with Gasteiger partial charge in [0.05, 0.1) is 11.4 Å². The van der Waals surface area contributed by atoms with Gasteiger partial charge in [0.25, 0.3) is 0 Å². The zero-order chi connectivity index (χ0) is 41.7. The smallest absolute Gasteiger partial charge is 0.0619 e. The van der Waals surface area contributed by atoms with Gasteiger partial charge < -0.3 is 14.7 Å². The number of fused-ring (bicyclic) bond motifs is 2. The third-order valence-corrected chi connectivity index (χ3v) is 11.8. The van der Waals surface area contributed by atoms with Gasteiger partial charge in [-0.1, -0.05) is 129 Å². The molecule has 0 radical (unpaired) electrons. The Bertz CT molecular complexity index is 2470. The molecule has 7 rings (SSSR count). The van der Waals surface area contributed by atoms with E-state index in [1.807, 2.05) is 0 Å². The molecule has 58 heavy (non-hydrogen) atoms. The summed E-state index contributed by atoms with van der Waals surface area (Å²) in [7, 11) is 4.21. The van der Waals surface area contributed by atoms with Gasteiger partial charge in [-0.2, -0.15) is 0 Å². The zero-order valence-corrected chi connectivity index (χ0v) is 37.2. The molecule has 0 aliphatic heterocycles. The quantitative estimate of drug-likeness (QED) is 0.136. The number of rotatable bonds is 9. The summed E-state index contributed by atoms with van der Waals surface area (Å²) < 4.78 is 0. The Balaban J connectivity index is 1.66. The highest BCUT2D eigenvalue weighted by Gasteiger charge is 2.27. The van der Waals surface area contributed by atoms with E-state index in [1.165, 1.54) is 66.4 Å². The maximum atomic E-state index is 2.51. The van der Waals surface area contributed by atoms with Crippen LogP contribution in [0, 0.1) is 6.92 Å². The van der Waals surface area contributed by atoms with E-state index in [1.54, 1.807) is 0 Å². The minimum atomic E-state index is -0.122. The Kier molecular flexibility index (Phi) is 11.0. The maximum Gasteiger partial charge on any atom is 0.0619 e. The Labute approximate surface area is 349 Å². The molecule has 0 aromatic heterocycles. The molecular weight excluding hydrogens is 703 g/mol. The normalized spacial score (nSPS) is 12.2. The van der Waals surface area contributed by atoms with Crippen LogP contribution in [0.25, 0.3) is 21.5 Å². The first-order valence-corrected chi connectivity index (χ1v) is 21.1. The van der Waals surface area contributed by atoms with Crippen LogP contribution in [-0.4, -0.2) is 14.1 Å². The summed E-state index contributed by atoms with van der Waals surface area (Å²) in [4.78, 5) is 7.16. The van der Waals surface area contributed by atoms with E-state index >= 15 is 0 Å². The molecule has 0 bridgehead atoms. The van der Waals surface area contributed by atoms with Crippen LogP contribution in [0.3, 0.4) is 0 Å². The molecule has 0 aliphatic rings. The van der Waals surface area contributed by atoms with Crippen molar-refractivity contribution in [3.63, 3.8) is 0 Å². The second kappa shape index (κ2) is 15.7. The largest absolute Gasteiger partial charge is 0.378 e. The van der Waals surface area contributed by atoms with Crippen molar-refractivity contribution in [2.24, 2.45) is 0 Å². The average Bonchev–Trinajstić information content (AvgIpc) is 3.18. The first kappa shape index (κ1) is 40.6. The number of anilines is 7. The summed E-state index contributed by atoms with van der Waals surface area (Å²) in [5.41, 5.74) is 14.5. The van der Waals surface area contributed by atoms with Crippen molar-refractivity contribution < 1.29 is 0 Å². The summed E-state index contributed by atoms with van der Waals surface area (Å²) in [5, 5.41) is 4.89. The van der Waals surface area contributed by atoms with E-state index in [0.717, 1.165) is 22.7 Å². The summed E-state index contributed by atoms with van der Waals surface area (Å²) in [6, 6.07) is 51.0. The Morgan fingerprint density at radius 1 is 0.414 bits per heavy atom. The van der Waals surface area contributed by atoms with E-state index < -0.39 is 0 Å². The van der Waals surface area contributed by atoms with Gasteiger partial charge in [-0.15, -0.1) is 0 Å². The van der Waals surface area contributed by atoms with Crippen molar-refractivity contribution in [2.45, 2.75) is 98.8 Å². The second-order valence-electron chi connectivity index (χ2n) is 19.2. The highest BCUT2D eigenvalue weighted by atomic mass is 15.2. The van der Waals surface area contributed by atoms with Crippen LogP contribution in [0.5, 0.6) is 0 Å². The van der Waals surface area contributed by atoms with Gasteiger partial charge in [0.15, 0.2) is 0 Å². The number of benzene rings is 7. The topological polar surface area (TPSA) is 9.72 Å². The lowest BCUT2D eigenvalue weighted by molar-refractivity contribution is 0.591. The van der Waals surface area contributed by atoms with Gasteiger partial charge in [-0.05, 0) is 136 Å². The molecule has 0 heterocycles. The van der Waals surface area contributed by atoms with E-state index in [-0.39, 0.29) is 10.8 Å². The lowest BCUT2D eigenvalue weighted by Crippen LogP contribution is -2.17. The summed E-state index contributed by atoms with van der Waals surface area (Å²) in [5.74, 6) is 0.889. The van der Waals surface area contributed by atoms with Crippen LogP contribution in [0.15, 0.2) is 133 Å². The fourth-order valence-electron chi connectivity index (χ4n) is 7.95. The first-order valence-electron chi connectivity index (χ1n) is 21.1. The molecular formula is C55H63N3. The molecule has 0 N–H and O–H groups in total. The third kappa shape index (κ3) is 8.10. The lowest BCUT2D eigenvalue weighted by atomic mass is 9.82. The van der Waals surface area contributed by atoms with Crippen molar-refractivity contribution in [3.05, 3.63) is 161 Å². The molecule has 0 unspecified atom stereocenters. The van der Waals surface area contributed by atoms with Gasteiger partial charge >= 0.3 is 0 Å². The SMILES string of the molecule is Cc1ccc(N(c2ccc(C(C)C)cc2)c2cc(C(C)(C)C)cc3c(N(c4ccc(C(C)C)cc4)c4ccc(N(C)C)cc4)c4ccc(C(C)(C)C)cc4cc23)cc1. The van der Waals surface area contributed by atoms with E-state index in [4.69, 9.17) is 0 Å². The van der Waals surface area contributed by atoms with Crippen molar-refractivity contribution in [1.29, 1.82) is 0 Å². The van der Waals surface area contributed by atoms with Crippen molar-refractivity contribution >= 4 is 61.4 Å². The molecule has 0 fully saturated rings. The molecule has 0 spiro atoms. The molecule has 7 aromatic rings. The monoisotopic (exact) mass is 766 g/mol. The first-order chi connectivity index (χ1) is 27.4. The summed E-state index contributed by atoms with van der Waals surface area (Å²) >= 11 is 0. The van der Waals surface area contributed by atoms with Gasteiger partial charge in [0, 0.05) is 58.7 Å². The molecule has 0 saturated heterocycles. The van der Waals surface area contributed by atoms with Gasteiger partial charge in [0.2, 0.25) is 0 Å². The summed E-state index contributed by atoms with van der Waals surface area (Å²) in [6.45, 7) is 25.2. The fourth-order valence-corrected chi connectivity index (χ4v) is 7.95. The van der Waals surface area contributed by atoms with Crippen molar-refractivity contribution in [2.75, 3.05) is 28.8 Å². The molecule has 3 nitrogen and oxygen atoms in total. The molecule has 0 aliphatic carbocycles. The van der Waals surface area contributed by atoms with E-state index in [0.29, 0.717) is 11.8 Å². The molecule has 3 heteroatoms. The van der Waals surface area contributed by atoms with Crippen LogP contribution in [0.4, 0.5) is 39.8 Å². The standard InChI is InChI=1S/C55H63N3/c1-36(2)39-16-23-46(24-17-39)57(45-21-14-38(5)15-22-45)52-35-43(55(9,10)11)34-51-50(52)33-41-32-42(54(6,7)8)20-31-49(41)53(51)58(47-25-18-40(19-26-47)37(3)4)48-29-27-44(28-30-48)56(12)13/h14-37H,1-13H3. The predicted octanol–water partition coefficient (Wildman–Crippen LogP) is 16.1. The fraction of sp³-hybridized carbons (Fsp3) is 0.309. The highest BCUT2D eigenvalue weighted by Crippen LogP contribution is 2.50. The van der Waals surface area contributed by atoms with Gasteiger partial charge in [-0.25, -0.2) is 0 Å². The molecule has 298 valence electrons. The minimum absolute atomic E-state index is 0.0112. The molecule has 0 atom stereocenters. The lowest BCUT2D eigenvalue weighted by Gasteiger charge is -2.33. The van der Waals surface area contributed by atoms with Crippen LogP contribution in [0.1, 0.15) is 109 Å². The molecule has 0 saturated carbocycles. The van der Waals surface area contributed by atoms with E-state index in [2.05, 4.69) is 238 Å². The minimum Gasteiger partial charge on any atom is -0.378 e. The number of hydrogen-bond acceptors (Lipinski definition) is 3. The Hall–Kier alpha value is -5.54. The predicted molar refractivity (Wildman–Crippen MR) is 255 cm³/mol. The van der Waals surface area contributed by atoms with Gasteiger partial charge in [-0.3, -0.25) is 0 Å². The average molecular weight is 766 g/mol. The van der Waals surface area contributed by atoms with Crippen LogP contribution >= 0.6 is 0 Å². The van der Waals surface area contributed by atoms with Gasteiger partial charge in [0.1, 0.15) is 0 Å². The number of hydrogen-bond donors (Lipinski definition) is 0. The summed E-state index contributed by atoms with van der Waals surface area (Å²) in [6.07, 6.45) is 0. The Morgan fingerprint density at radius 3 is 1.33 bits per heavy atom. The second-order valence-corrected chi connectivity index (χ2v) is 19.2. The third-order valence-electron chi connectivity index (χ3n) is 11.8. The van der Waals surface area contributed by atoms with E-state index in [9.17, 15) is 0 Å². The molecule has 7 aromatic carbocycles. The number of nitrogens with zero attached hydrogens (tertiary/aromatic N) is 3. The van der Waals surface area contributed by atoms with Crippen LogP contribution in [0.2, 0.25) is 0 Å². The molecule has 0 amide bonds. The van der Waals surface area contributed by atoms with Crippen molar-refractivity contribution in [3.8, 4) is 0 Å². The highest BCUT2D eigenvalue weighted by molar-refractivity contribution is 6.18.